The lowest BCUT2D eigenvalue weighted by molar-refractivity contribution is 0.0760. The van der Waals surface area contributed by atoms with Crippen molar-refractivity contribution in [1.29, 1.82) is 0 Å². The number of carbonyl (C=O) groups excluding carboxylic acids is 1. The molecule has 5 nitrogen and oxygen atoms in total. The van der Waals surface area contributed by atoms with Crippen molar-refractivity contribution in [2.45, 2.75) is 37.0 Å². The van der Waals surface area contributed by atoms with Crippen LogP contribution in [-0.4, -0.2) is 39.9 Å². The van der Waals surface area contributed by atoms with E-state index in [0.29, 0.717) is 18.0 Å². The van der Waals surface area contributed by atoms with Crippen LogP contribution in [0.4, 0.5) is 0 Å². The van der Waals surface area contributed by atoms with E-state index in [-0.39, 0.29) is 15.8 Å². The highest BCUT2D eigenvalue weighted by molar-refractivity contribution is 7.89. The minimum Gasteiger partial charge on any atom is -0.341 e. The Hall–Kier alpha value is -1.11. The second-order valence-corrected chi connectivity index (χ2v) is 8.30. The highest BCUT2D eigenvalue weighted by Gasteiger charge is 2.22. The van der Waals surface area contributed by atoms with E-state index in [0.717, 1.165) is 12.8 Å². The topological polar surface area (TPSA) is 66.5 Å². The number of rotatable bonds is 5. The van der Waals surface area contributed by atoms with Gasteiger partial charge in [-0.15, -0.1) is 0 Å². The van der Waals surface area contributed by atoms with Gasteiger partial charge in [0.15, 0.2) is 0 Å². The van der Waals surface area contributed by atoms with Crippen LogP contribution in [0.25, 0.3) is 0 Å². The van der Waals surface area contributed by atoms with E-state index in [9.17, 15) is 13.2 Å². The summed E-state index contributed by atoms with van der Waals surface area (Å²) in [6, 6.07) is 4.36. The number of nitrogens with one attached hydrogen (secondary N) is 1. The Morgan fingerprint density at radius 3 is 2.57 bits per heavy atom. The minimum atomic E-state index is -3.69. The number of hydrogen-bond donors (Lipinski definition) is 1. The molecule has 1 aliphatic rings. The van der Waals surface area contributed by atoms with Gasteiger partial charge in [0.1, 0.15) is 4.90 Å². The Labute approximate surface area is 143 Å². The molecule has 0 saturated heterocycles. The molecule has 2 rings (SSSR count). The van der Waals surface area contributed by atoms with Gasteiger partial charge in [0, 0.05) is 19.2 Å². The molecule has 1 aromatic carbocycles. The van der Waals surface area contributed by atoms with Gasteiger partial charge in [-0.2, -0.15) is 0 Å². The second-order valence-electron chi connectivity index (χ2n) is 6.04. The lowest BCUT2D eigenvalue weighted by Gasteiger charge is -2.27. The van der Waals surface area contributed by atoms with E-state index in [2.05, 4.69) is 4.72 Å². The molecule has 7 heteroatoms. The van der Waals surface area contributed by atoms with Crippen LogP contribution in [0.3, 0.4) is 0 Å². The third kappa shape index (κ3) is 4.46. The molecule has 1 aromatic rings. The van der Waals surface area contributed by atoms with Crippen LogP contribution in [0.5, 0.6) is 0 Å². The molecular weight excluding hydrogens is 336 g/mol. The fourth-order valence-corrected chi connectivity index (χ4v) is 4.26. The number of halogens is 1. The molecule has 0 aromatic heterocycles. The van der Waals surface area contributed by atoms with Crippen LogP contribution in [0.15, 0.2) is 23.1 Å². The quantitative estimate of drug-likeness (QED) is 0.880. The van der Waals surface area contributed by atoms with Gasteiger partial charge in [-0.05, 0) is 44.0 Å². The monoisotopic (exact) mass is 358 g/mol. The molecule has 0 atom stereocenters. The highest BCUT2D eigenvalue weighted by atomic mass is 35.5. The molecule has 0 spiro atoms. The summed E-state index contributed by atoms with van der Waals surface area (Å²) >= 11 is 5.96. The summed E-state index contributed by atoms with van der Waals surface area (Å²) in [6.07, 6.45) is 6.02. The summed E-state index contributed by atoms with van der Waals surface area (Å²) in [5.74, 6) is 0.352. The van der Waals surface area contributed by atoms with Crippen molar-refractivity contribution in [2.75, 3.05) is 20.6 Å². The molecule has 0 radical (unpaired) electrons. The Bertz CT molecular complexity index is 670. The van der Waals surface area contributed by atoms with Crippen LogP contribution in [0.2, 0.25) is 5.02 Å². The van der Waals surface area contributed by atoms with Gasteiger partial charge in [-0.1, -0.05) is 30.9 Å². The van der Waals surface area contributed by atoms with Gasteiger partial charge in [0.2, 0.25) is 10.0 Å². The summed E-state index contributed by atoms with van der Waals surface area (Å²) in [5.41, 5.74) is 0.335. The fraction of sp³-hybridized carbons (Fsp3) is 0.562. The zero-order valence-corrected chi connectivity index (χ0v) is 15.1. The average molecular weight is 359 g/mol. The van der Waals surface area contributed by atoms with Crippen LogP contribution in [0.1, 0.15) is 42.5 Å². The minimum absolute atomic E-state index is 0.0708. The number of nitrogens with zero attached hydrogens (tertiary/aromatic N) is 1. The number of carbonyl (C=O) groups is 1. The lowest BCUT2D eigenvalue weighted by Crippen LogP contribution is -2.32. The van der Waals surface area contributed by atoms with Gasteiger partial charge >= 0.3 is 0 Å². The largest absolute Gasteiger partial charge is 0.341 e. The van der Waals surface area contributed by atoms with E-state index >= 15 is 0 Å². The zero-order chi connectivity index (χ0) is 17.0. The number of sulfonamides is 1. The van der Waals surface area contributed by atoms with E-state index in [1.54, 1.807) is 18.0 Å². The van der Waals surface area contributed by atoms with Crippen molar-refractivity contribution in [3.63, 3.8) is 0 Å². The maximum Gasteiger partial charge on any atom is 0.253 e. The summed E-state index contributed by atoms with van der Waals surface area (Å²) < 4.78 is 26.1. The standard InChI is InChI=1S/C16H23ClN2O3S/c1-18-23(21,22)15-10-13(8-9-14(15)17)16(20)19(2)11-12-6-4-3-5-7-12/h8-10,12,18H,3-7,11H2,1-2H3. The van der Waals surface area contributed by atoms with Gasteiger partial charge < -0.3 is 4.90 Å². The van der Waals surface area contributed by atoms with E-state index in [1.807, 2.05) is 0 Å². The lowest BCUT2D eigenvalue weighted by atomic mass is 9.89. The van der Waals surface area contributed by atoms with Crippen LogP contribution < -0.4 is 4.72 Å². The van der Waals surface area contributed by atoms with E-state index < -0.39 is 10.0 Å². The van der Waals surface area contributed by atoms with Crippen molar-refractivity contribution in [2.24, 2.45) is 5.92 Å². The molecule has 0 heterocycles. The van der Waals surface area contributed by atoms with Crippen molar-refractivity contribution in [3.8, 4) is 0 Å². The van der Waals surface area contributed by atoms with Crippen molar-refractivity contribution in [3.05, 3.63) is 28.8 Å². The van der Waals surface area contributed by atoms with Gasteiger partial charge in [0.05, 0.1) is 5.02 Å². The molecule has 0 aliphatic heterocycles. The molecule has 0 unspecified atom stereocenters. The summed E-state index contributed by atoms with van der Waals surface area (Å²) in [7, 11) is -0.614. The maximum atomic E-state index is 12.6. The van der Waals surface area contributed by atoms with Crippen molar-refractivity contribution >= 4 is 27.5 Å². The van der Waals surface area contributed by atoms with Crippen molar-refractivity contribution < 1.29 is 13.2 Å². The Morgan fingerprint density at radius 2 is 1.96 bits per heavy atom. The SMILES string of the molecule is CNS(=O)(=O)c1cc(C(=O)N(C)CC2CCCCC2)ccc1Cl. The zero-order valence-electron chi connectivity index (χ0n) is 13.5. The van der Waals surface area contributed by atoms with Gasteiger partial charge in [-0.3, -0.25) is 4.79 Å². The van der Waals surface area contributed by atoms with Gasteiger partial charge in [0.25, 0.3) is 5.91 Å². The molecule has 1 amide bonds. The van der Waals surface area contributed by atoms with Crippen molar-refractivity contribution in [1.82, 2.24) is 9.62 Å². The number of amides is 1. The first-order valence-electron chi connectivity index (χ1n) is 7.83. The predicted octanol–water partition coefficient (Wildman–Crippen LogP) is 2.90. The molecule has 1 N–H and O–H groups in total. The highest BCUT2D eigenvalue weighted by Crippen LogP contribution is 2.26. The smallest absolute Gasteiger partial charge is 0.253 e. The third-order valence-corrected chi connectivity index (χ3v) is 6.24. The maximum absolute atomic E-state index is 12.6. The molecular formula is C16H23ClN2O3S. The second kappa shape index (κ2) is 7.64. The van der Waals surface area contributed by atoms with E-state index in [4.69, 9.17) is 11.6 Å². The molecule has 1 saturated carbocycles. The number of benzene rings is 1. The van der Waals surface area contributed by atoms with Gasteiger partial charge in [-0.25, -0.2) is 13.1 Å². The first-order chi connectivity index (χ1) is 10.8. The van der Waals surface area contributed by atoms with E-state index in [1.165, 1.54) is 38.4 Å². The molecule has 1 aliphatic carbocycles. The summed E-state index contributed by atoms with van der Waals surface area (Å²) in [4.78, 5) is 14.2. The normalized spacial score (nSPS) is 16.3. The average Bonchev–Trinajstić information content (AvgIpc) is 2.55. The fourth-order valence-electron chi connectivity index (χ4n) is 3.01. The van der Waals surface area contributed by atoms with Crippen LogP contribution in [0, 0.1) is 5.92 Å². The Balaban J connectivity index is 2.17. The Morgan fingerprint density at radius 1 is 1.30 bits per heavy atom. The Kier molecular flexibility index (Phi) is 6.06. The molecule has 128 valence electrons. The first-order valence-corrected chi connectivity index (χ1v) is 9.70. The first kappa shape index (κ1) is 18.2. The number of hydrogen-bond acceptors (Lipinski definition) is 3. The molecule has 23 heavy (non-hydrogen) atoms. The predicted molar refractivity (Wildman–Crippen MR) is 91.2 cm³/mol. The molecule has 1 fully saturated rings. The van der Waals surface area contributed by atoms with Crippen LogP contribution >= 0.6 is 11.6 Å². The third-order valence-electron chi connectivity index (χ3n) is 4.34. The van der Waals surface area contributed by atoms with Crippen LogP contribution in [-0.2, 0) is 10.0 Å². The summed E-state index contributed by atoms with van der Waals surface area (Å²) in [5, 5.41) is 0.103. The summed E-state index contributed by atoms with van der Waals surface area (Å²) in [6.45, 7) is 0.704. The molecule has 0 bridgehead atoms.